The molecule has 0 amide bonds. The molecule has 11 heteroatoms. The summed E-state index contributed by atoms with van der Waals surface area (Å²) in [5, 5.41) is -0.443. The molecule has 0 spiro atoms. The van der Waals surface area contributed by atoms with Gasteiger partial charge in [-0.3, -0.25) is 0 Å². The third-order valence-electron chi connectivity index (χ3n) is 3.70. The van der Waals surface area contributed by atoms with E-state index in [2.05, 4.69) is 15.0 Å². The maximum absolute atomic E-state index is 13.3. The minimum Gasteiger partial charge on any atom is -0.440 e. The first kappa shape index (κ1) is 16.4. The predicted octanol–water partition coefficient (Wildman–Crippen LogP) is 4.80. The Hall–Kier alpha value is -3.11. The topological polar surface area (TPSA) is 67.6 Å². The van der Waals surface area contributed by atoms with Crippen LogP contribution in [-0.2, 0) is 12.4 Å². The van der Waals surface area contributed by atoms with Crippen molar-refractivity contribution in [2.24, 2.45) is 0 Å². The summed E-state index contributed by atoms with van der Waals surface area (Å²) in [4.78, 5) is 13.8. The summed E-state index contributed by atoms with van der Waals surface area (Å²) in [5.41, 5.74) is -3.38. The normalized spacial score (nSPS) is 13.0. The molecule has 0 aliphatic heterocycles. The van der Waals surface area contributed by atoms with Gasteiger partial charge in [0.15, 0.2) is 18.0 Å². The second kappa shape index (κ2) is 5.19. The van der Waals surface area contributed by atoms with Crippen LogP contribution in [0.3, 0.4) is 0 Å². The molecule has 3 heterocycles. The molecule has 4 aromatic rings. The van der Waals surface area contributed by atoms with Crippen LogP contribution in [0, 0.1) is 0 Å². The Balaban J connectivity index is 2.09. The van der Waals surface area contributed by atoms with E-state index in [9.17, 15) is 26.3 Å². The van der Waals surface area contributed by atoms with E-state index in [0.717, 1.165) is 12.5 Å². The lowest BCUT2D eigenvalue weighted by Gasteiger charge is -2.15. The number of imidazole rings is 1. The molecule has 0 aliphatic carbocycles. The van der Waals surface area contributed by atoms with E-state index in [1.54, 1.807) is 0 Å². The highest BCUT2D eigenvalue weighted by atomic mass is 19.4. The number of nitrogens with zero attached hydrogens (tertiary/aromatic N) is 3. The van der Waals surface area contributed by atoms with E-state index >= 15 is 0 Å². The molecule has 1 aromatic carbocycles. The van der Waals surface area contributed by atoms with Gasteiger partial charge in [-0.25, -0.2) is 15.0 Å². The second-order valence-corrected chi connectivity index (χ2v) is 5.36. The maximum Gasteiger partial charge on any atom is 0.431 e. The lowest BCUT2D eigenvalue weighted by atomic mass is 10.1. The summed E-state index contributed by atoms with van der Waals surface area (Å²) >= 11 is 0. The third-order valence-corrected chi connectivity index (χ3v) is 3.70. The number of nitrogens with one attached hydrogen (secondary N) is 1. The van der Waals surface area contributed by atoms with Crippen LogP contribution < -0.4 is 0 Å². The zero-order valence-corrected chi connectivity index (χ0v) is 12.4. The number of hydrogen-bond acceptors (Lipinski definition) is 4. The quantitative estimate of drug-likeness (QED) is 0.487. The molecule has 0 bridgehead atoms. The van der Waals surface area contributed by atoms with Crippen LogP contribution in [0.25, 0.3) is 33.5 Å². The SMILES string of the molecule is FC(F)(F)c1cc(C(F)(F)F)c2ccc3nc(-c4cnco4)nc3c2[nH]1. The number of benzene rings is 1. The summed E-state index contributed by atoms with van der Waals surface area (Å²) < 4.78 is 84.0. The molecule has 0 aliphatic rings. The zero-order chi connectivity index (χ0) is 18.7. The van der Waals surface area contributed by atoms with Crippen molar-refractivity contribution in [1.29, 1.82) is 0 Å². The highest BCUT2D eigenvalue weighted by Crippen LogP contribution is 2.40. The minimum atomic E-state index is -5.00. The molecule has 0 unspecified atom stereocenters. The molecule has 3 aromatic heterocycles. The number of fused-ring (bicyclic) bond motifs is 3. The first-order valence-electron chi connectivity index (χ1n) is 7.01. The summed E-state index contributed by atoms with van der Waals surface area (Å²) in [6.45, 7) is 0. The molecule has 1 N–H and O–H groups in total. The number of pyridine rings is 1. The predicted molar refractivity (Wildman–Crippen MR) is 76.9 cm³/mol. The first-order chi connectivity index (χ1) is 12.1. The first-order valence-corrected chi connectivity index (χ1v) is 7.01. The standard InChI is InChI=1S/C15H6F6N4O/c16-14(17,18)7-3-10(15(19,20)21)24-11-6(7)1-2-8-12(11)25-13(23-8)9-4-22-5-26-9/h1-5,24H. The summed E-state index contributed by atoms with van der Waals surface area (Å²) in [7, 11) is 0. The Morgan fingerprint density at radius 2 is 1.73 bits per heavy atom. The average Bonchev–Trinajstić information content (AvgIpc) is 3.20. The number of hydrogen-bond donors (Lipinski definition) is 1. The average molecular weight is 372 g/mol. The molecule has 5 nitrogen and oxygen atoms in total. The van der Waals surface area contributed by atoms with Crippen molar-refractivity contribution in [2.75, 3.05) is 0 Å². The van der Waals surface area contributed by atoms with E-state index in [-0.39, 0.29) is 28.7 Å². The number of halogens is 6. The number of aromatic amines is 1. The monoisotopic (exact) mass is 372 g/mol. The Labute approximate surface area is 139 Å². The number of aromatic nitrogens is 4. The Morgan fingerprint density at radius 1 is 0.962 bits per heavy atom. The van der Waals surface area contributed by atoms with E-state index in [1.807, 2.05) is 4.98 Å². The second-order valence-electron chi connectivity index (χ2n) is 5.36. The van der Waals surface area contributed by atoms with Crippen LogP contribution in [0.1, 0.15) is 11.3 Å². The van der Waals surface area contributed by atoms with Gasteiger partial charge in [0.25, 0.3) is 0 Å². The molecule has 0 saturated heterocycles. The lowest BCUT2D eigenvalue weighted by molar-refractivity contribution is -0.144. The number of H-pyrrole nitrogens is 1. The van der Waals surface area contributed by atoms with Crippen LogP contribution in [0.4, 0.5) is 26.3 Å². The summed E-state index contributed by atoms with van der Waals surface area (Å²) in [6.07, 6.45) is -7.59. The van der Waals surface area contributed by atoms with E-state index < -0.39 is 34.5 Å². The summed E-state index contributed by atoms with van der Waals surface area (Å²) in [5.74, 6) is 0.141. The van der Waals surface area contributed by atoms with Crippen LogP contribution >= 0.6 is 0 Å². The molecular formula is C15H6F6N4O. The van der Waals surface area contributed by atoms with Crippen molar-refractivity contribution in [3.8, 4) is 11.6 Å². The molecule has 0 radical (unpaired) electrons. The van der Waals surface area contributed by atoms with Gasteiger partial charge in [-0.05, 0) is 18.2 Å². The fraction of sp³-hybridized carbons (Fsp3) is 0.133. The van der Waals surface area contributed by atoms with Crippen molar-refractivity contribution in [3.63, 3.8) is 0 Å². The van der Waals surface area contributed by atoms with Gasteiger partial charge >= 0.3 is 12.4 Å². The van der Waals surface area contributed by atoms with Crippen molar-refractivity contribution in [1.82, 2.24) is 19.9 Å². The van der Waals surface area contributed by atoms with Gasteiger partial charge in [-0.15, -0.1) is 0 Å². The van der Waals surface area contributed by atoms with Crippen LogP contribution in [0.2, 0.25) is 0 Å². The van der Waals surface area contributed by atoms with Gasteiger partial charge < -0.3 is 9.40 Å². The molecular weight excluding hydrogens is 366 g/mol. The molecule has 0 saturated carbocycles. The van der Waals surface area contributed by atoms with Crippen molar-refractivity contribution in [2.45, 2.75) is 12.4 Å². The maximum atomic E-state index is 13.3. The molecule has 26 heavy (non-hydrogen) atoms. The van der Waals surface area contributed by atoms with Crippen molar-refractivity contribution < 1.29 is 30.8 Å². The Morgan fingerprint density at radius 3 is 2.35 bits per heavy atom. The lowest BCUT2D eigenvalue weighted by Crippen LogP contribution is -2.13. The largest absolute Gasteiger partial charge is 0.440 e. The van der Waals surface area contributed by atoms with Crippen LogP contribution in [0.5, 0.6) is 0 Å². The number of rotatable bonds is 1. The van der Waals surface area contributed by atoms with Crippen LogP contribution in [-0.4, -0.2) is 19.9 Å². The number of alkyl halides is 6. The third kappa shape index (κ3) is 2.55. The van der Waals surface area contributed by atoms with Crippen LogP contribution in [0.15, 0.2) is 35.2 Å². The molecule has 0 atom stereocenters. The zero-order valence-electron chi connectivity index (χ0n) is 12.4. The summed E-state index contributed by atoms with van der Waals surface area (Å²) in [6, 6.07) is 2.35. The fourth-order valence-electron chi connectivity index (χ4n) is 2.60. The fourth-order valence-corrected chi connectivity index (χ4v) is 2.60. The van der Waals surface area contributed by atoms with Gasteiger partial charge in [0.05, 0.1) is 22.8 Å². The van der Waals surface area contributed by atoms with E-state index in [1.165, 1.54) is 12.3 Å². The van der Waals surface area contributed by atoms with Crippen molar-refractivity contribution >= 4 is 21.9 Å². The van der Waals surface area contributed by atoms with E-state index in [0.29, 0.717) is 0 Å². The highest BCUT2D eigenvalue weighted by Gasteiger charge is 2.39. The molecule has 0 fully saturated rings. The van der Waals surface area contributed by atoms with Gasteiger partial charge in [-0.1, -0.05) is 0 Å². The van der Waals surface area contributed by atoms with Gasteiger partial charge in [0, 0.05) is 5.39 Å². The van der Waals surface area contributed by atoms with Gasteiger partial charge in [-0.2, -0.15) is 26.3 Å². The molecule has 134 valence electrons. The van der Waals surface area contributed by atoms with E-state index in [4.69, 9.17) is 4.42 Å². The van der Waals surface area contributed by atoms with Gasteiger partial charge in [0.2, 0.25) is 0 Å². The molecule has 4 rings (SSSR count). The number of oxazole rings is 1. The minimum absolute atomic E-state index is 0.00405. The van der Waals surface area contributed by atoms with Crippen molar-refractivity contribution in [3.05, 3.63) is 42.0 Å². The Bertz CT molecular complexity index is 1110. The highest BCUT2D eigenvalue weighted by molar-refractivity contribution is 6.03. The Kier molecular flexibility index (Phi) is 3.27. The smallest absolute Gasteiger partial charge is 0.431 e. The van der Waals surface area contributed by atoms with Gasteiger partial charge in [0.1, 0.15) is 11.2 Å².